The molecule has 0 aliphatic carbocycles. The number of benzene rings is 2. The zero-order valence-corrected chi connectivity index (χ0v) is 20.7. The standard InChI is InChI=1S/C25H24Cl2F3N3O3/c1-2-22(24(34)35)31-10-9-16-4-6-18(12-19(16)25(28,29)30)36-23-8-5-17(14-33-23)32-13-15-3-7-20(26)21(27)11-15/h3-8,11-12,14,22,31-32H,2,9-10,13H2,1H3,(H,34,35). The van der Waals surface area contributed by atoms with Crippen LogP contribution in [0.2, 0.25) is 10.0 Å². The van der Waals surface area contributed by atoms with Crippen molar-refractivity contribution in [1.82, 2.24) is 10.3 Å². The predicted molar refractivity (Wildman–Crippen MR) is 133 cm³/mol. The molecule has 3 rings (SSSR count). The molecule has 0 saturated carbocycles. The van der Waals surface area contributed by atoms with Gasteiger partial charge in [0.15, 0.2) is 0 Å². The van der Waals surface area contributed by atoms with Crippen LogP contribution in [0.4, 0.5) is 18.9 Å². The van der Waals surface area contributed by atoms with Crippen LogP contribution in [-0.4, -0.2) is 28.6 Å². The van der Waals surface area contributed by atoms with Gasteiger partial charge in [-0.2, -0.15) is 13.2 Å². The first-order valence-corrected chi connectivity index (χ1v) is 11.8. The molecule has 0 saturated heterocycles. The van der Waals surface area contributed by atoms with Crippen LogP contribution in [0.3, 0.4) is 0 Å². The van der Waals surface area contributed by atoms with Gasteiger partial charge in [0, 0.05) is 12.6 Å². The lowest BCUT2D eigenvalue weighted by Crippen LogP contribution is -2.37. The number of anilines is 1. The highest BCUT2D eigenvalue weighted by atomic mass is 35.5. The van der Waals surface area contributed by atoms with Gasteiger partial charge >= 0.3 is 12.1 Å². The molecule has 1 heterocycles. The first-order chi connectivity index (χ1) is 17.1. The van der Waals surface area contributed by atoms with Gasteiger partial charge < -0.3 is 20.5 Å². The Morgan fingerprint density at radius 3 is 2.50 bits per heavy atom. The highest BCUT2D eigenvalue weighted by Gasteiger charge is 2.33. The maximum Gasteiger partial charge on any atom is 0.416 e. The molecule has 1 atom stereocenters. The summed E-state index contributed by atoms with van der Waals surface area (Å²) in [7, 11) is 0. The van der Waals surface area contributed by atoms with Crippen molar-refractivity contribution in [3.8, 4) is 11.6 Å². The van der Waals surface area contributed by atoms with Gasteiger partial charge in [0.2, 0.25) is 5.88 Å². The maximum atomic E-state index is 13.7. The number of aliphatic carboxylic acids is 1. The van der Waals surface area contributed by atoms with E-state index in [2.05, 4.69) is 15.6 Å². The fourth-order valence-electron chi connectivity index (χ4n) is 3.41. The molecular formula is C25H24Cl2F3N3O3. The third kappa shape index (κ3) is 7.74. The van der Waals surface area contributed by atoms with Gasteiger partial charge in [-0.1, -0.05) is 42.3 Å². The third-order valence-corrected chi connectivity index (χ3v) is 6.06. The lowest BCUT2D eigenvalue weighted by atomic mass is 10.0. The highest BCUT2D eigenvalue weighted by Crippen LogP contribution is 2.35. The number of alkyl halides is 3. The summed E-state index contributed by atoms with van der Waals surface area (Å²) in [5.41, 5.74) is 0.786. The van der Waals surface area contributed by atoms with Crippen LogP contribution in [0, 0.1) is 0 Å². The van der Waals surface area contributed by atoms with Gasteiger partial charge in [-0.25, -0.2) is 4.98 Å². The van der Waals surface area contributed by atoms with Gasteiger partial charge in [0.25, 0.3) is 0 Å². The molecule has 1 aromatic heterocycles. The number of nitrogens with one attached hydrogen (secondary N) is 2. The number of hydrogen-bond donors (Lipinski definition) is 3. The molecule has 36 heavy (non-hydrogen) atoms. The van der Waals surface area contributed by atoms with Crippen molar-refractivity contribution in [2.24, 2.45) is 0 Å². The van der Waals surface area contributed by atoms with Crippen LogP contribution >= 0.6 is 23.2 Å². The minimum Gasteiger partial charge on any atom is -0.480 e. The van der Waals surface area contributed by atoms with Crippen molar-refractivity contribution in [3.63, 3.8) is 0 Å². The fourth-order valence-corrected chi connectivity index (χ4v) is 3.73. The molecule has 2 aromatic carbocycles. The fraction of sp³-hybridized carbons (Fsp3) is 0.280. The summed E-state index contributed by atoms with van der Waals surface area (Å²) in [5, 5.41) is 15.9. The number of carboxylic acid groups (broad SMARTS) is 1. The molecule has 0 bridgehead atoms. The first-order valence-electron chi connectivity index (χ1n) is 11.0. The zero-order valence-electron chi connectivity index (χ0n) is 19.2. The van der Waals surface area contributed by atoms with Crippen molar-refractivity contribution < 1.29 is 27.8 Å². The van der Waals surface area contributed by atoms with E-state index in [1.54, 1.807) is 31.2 Å². The molecular weight excluding hydrogens is 518 g/mol. The summed E-state index contributed by atoms with van der Waals surface area (Å²) < 4.78 is 46.5. The Morgan fingerprint density at radius 1 is 1.11 bits per heavy atom. The van der Waals surface area contributed by atoms with Crippen molar-refractivity contribution in [2.75, 3.05) is 11.9 Å². The Morgan fingerprint density at radius 2 is 1.89 bits per heavy atom. The largest absolute Gasteiger partial charge is 0.480 e. The van der Waals surface area contributed by atoms with Crippen molar-refractivity contribution in [1.29, 1.82) is 0 Å². The number of halogens is 5. The number of carboxylic acids is 1. The second kappa shape index (κ2) is 12.3. The molecule has 6 nitrogen and oxygen atoms in total. The Labute approximate surface area is 216 Å². The SMILES string of the molecule is CCC(NCCc1ccc(Oc2ccc(NCc3ccc(Cl)c(Cl)c3)cn2)cc1C(F)(F)F)C(=O)O. The zero-order chi connectivity index (χ0) is 26.3. The van der Waals surface area contributed by atoms with E-state index in [4.69, 9.17) is 33.0 Å². The molecule has 0 fully saturated rings. The van der Waals surface area contributed by atoms with Crippen LogP contribution in [0.25, 0.3) is 0 Å². The topological polar surface area (TPSA) is 83.5 Å². The number of ether oxygens (including phenoxy) is 1. The van der Waals surface area contributed by atoms with E-state index in [-0.39, 0.29) is 30.2 Å². The van der Waals surface area contributed by atoms with Crippen LogP contribution in [0.5, 0.6) is 11.6 Å². The number of aromatic nitrogens is 1. The van der Waals surface area contributed by atoms with E-state index < -0.39 is 23.8 Å². The molecule has 0 radical (unpaired) electrons. The number of carbonyl (C=O) groups is 1. The quantitative estimate of drug-likeness (QED) is 0.247. The van der Waals surface area contributed by atoms with E-state index >= 15 is 0 Å². The molecule has 0 aliphatic rings. The average molecular weight is 542 g/mol. The number of hydrogen-bond acceptors (Lipinski definition) is 5. The summed E-state index contributed by atoms with van der Waals surface area (Å²) in [6.07, 6.45) is -2.76. The summed E-state index contributed by atoms with van der Waals surface area (Å²) in [4.78, 5) is 15.2. The normalized spacial score (nSPS) is 12.3. The van der Waals surface area contributed by atoms with Crippen LogP contribution < -0.4 is 15.4 Å². The van der Waals surface area contributed by atoms with Crippen molar-refractivity contribution >= 4 is 34.9 Å². The molecule has 3 aromatic rings. The molecule has 0 aliphatic heterocycles. The van der Waals surface area contributed by atoms with Gasteiger partial charge in [-0.15, -0.1) is 0 Å². The van der Waals surface area contributed by atoms with Crippen LogP contribution in [0.1, 0.15) is 30.0 Å². The number of nitrogens with zero attached hydrogens (tertiary/aromatic N) is 1. The van der Waals surface area contributed by atoms with Gasteiger partial charge in [-0.05, 0) is 60.8 Å². The Balaban J connectivity index is 1.64. The molecule has 11 heteroatoms. The second-order valence-electron chi connectivity index (χ2n) is 7.91. The lowest BCUT2D eigenvalue weighted by Gasteiger charge is -2.16. The smallest absolute Gasteiger partial charge is 0.416 e. The Hall–Kier alpha value is -3.01. The lowest BCUT2D eigenvalue weighted by molar-refractivity contribution is -0.140. The Kier molecular flexibility index (Phi) is 9.42. The summed E-state index contributed by atoms with van der Waals surface area (Å²) in [6.45, 7) is 2.24. The molecule has 0 spiro atoms. The summed E-state index contributed by atoms with van der Waals surface area (Å²) in [6, 6.07) is 11.4. The summed E-state index contributed by atoms with van der Waals surface area (Å²) >= 11 is 11.9. The Bertz CT molecular complexity index is 1190. The maximum absolute atomic E-state index is 13.7. The van der Waals surface area contributed by atoms with E-state index in [1.807, 2.05) is 6.07 Å². The molecule has 0 amide bonds. The second-order valence-corrected chi connectivity index (χ2v) is 8.72. The third-order valence-electron chi connectivity index (χ3n) is 5.32. The minimum atomic E-state index is -4.60. The van der Waals surface area contributed by atoms with Crippen molar-refractivity contribution in [2.45, 2.75) is 38.5 Å². The minimum absolute atomic E-state index is 0.0103. The van der Waals surface area contributed by atoms with Crippen molar-refractivity contribution in [3.05, 3.63) is 81.5 Å². The van der Waals surface area contributed by atoms with Crippen LogP contribution in [-0.2, 0) is 23.9 Å². The van der Waals surface area contributed by atoms with E-state index in [0.717, 1.165) is 11.6 Å². The highest BCUT2D eigenvalue weighted by molar-refractivity contribution is 6.42. The molecule has 192 valence electrons. The van der Waals surface area contributed by atoms with E-state index in [0.29, 0.717) is 28.7 Å². The molecule has 1 unspecified atom stereocenters. The first kappa shape index (κ1) is 27.6. The average Bonchev–Trinajstić information content (AvgIpc) is 2.83. The van der Waals surface area contributed by atoms with Gasteiger partial charge in [0.05, 0.1) is 27.5 Å². The van der Waals surface area contributed by atoms with Gasteiger partial charge in [0.1, 0.15) is 11.8 Å². The number of rotatable bonds is 11. The predicted octanol–water partition coefficient (Wildman–Crippen LogP) is 6.81. The molecule has 3 N–H and O–H groups in total. The summed E-state index contributed by atoms with van der Waals surface area (Å²) in [5.74, 6) is -0.926. The monoisotopic (exact) mass is 541 g/mol. The van der Waals surface area contributed by atoms with Gasteiger partial charge in [-0.3, -0.25) is 4.79 Å². The number of pyridine rings is 1. The van der Waals surface area contributed by atoms with E-state index in [1.165, 1.54) is 18.3 Å². The van der Waals surface area contributed by atoms with Crippen LogP contribution in [0.15, 0.2) is 54.7 Å². The van der Waals surface area contributed by atoms with E-state index in [9.17, 15) is 18.0 Å².